The average molecular weight is 420 g/mol. The molecule has 30 heavy (non-hydrogen) atoms. The predicted octanol–water partition coefficient (Wildman–Crippen LogP) is 2.88. The molecular formula is C22H16N2O5S. The van der Waals surface area contributed by atoms with Gasteiger partial charge in [0.05, 0.1) is 11.1 Å². The third-order valence-corrected chi connectivity index (χ3v) is 6.37. The molecule has 1 atom stereocenters. The molecule has 0 saturated carbocycles. The number of nitrogens with zero attached hydrogens (tertiary/aromatic N) is 1. The van der Waals surface area contributed by atoms with Crippen LogP contribution >= 0.6 is 11.3 Å². The third-order valence-electron chi connectivity index (χ3n) is 5.28. The highest BCUT2D eigenvalue weighted by Crippen LogP contribution is 2.34. The van der Waals surface area contributed by atoms with E-state index in [-0.39, 0.29) is 30.6 Å². The predicted molar refractivity (Wildman–Crippen MR) is 109 cm³/mol. The molecule has 2 aliphatic rings. The summed E-state index contributed by atoms with van der Waals surface area (Å²) in [5.41, 5.74) is 0.367. The molecule has 0 radical (unpaired) electrons. The number of benzene rings is 2. The Labute approximate surface area is 175 Å². The first-order valence-corrected chi connectivity index (χ1v) is 10.3. The lowest BCUT2D eigenvalue weighted by atomic mass is 10.0. The van der Waals surface area contributed by atoms with Crippen LogP contribution in [0.2, 0.25) is 0 Å². The average Bonchev–Trinajstić information content (AvgIpc) is 3.26. The minimum Gasteiger partial charge on any atom is -0.487 e. The molecule has 7 nitrogen and oxygen atoms in total. The van der Waals surface area contributed by atoms with Crippen molar-refractivity contribution < 1.29 is 23.9 Å². The molecule has 3 aromatic rings. The Morgan fingerprint density at radius 2 is 1.87 bits per heavy atom. The summed E-state index contributed by atoms with van der Waals surface area (Å²) in [6, 6.07) is 13.9. The second-order valence-electron chi connectivity index (χ2n) is 7.17. The second kappa shape index (κ2) is 7.07. The van der Waals surface area contributed by atoms with Crippen LogP contribution in [0.3, 0.4) is 0 Å². The summed E-state index contributed by atoms with van der Waals surface area (Å²) in [5, 5.41) is 3.31. The number of imide groups is 2. The molecule has 3 heterocycles. The molecule has 0 bridgehead atoms. The molecule has 2 aromatic carbocycles. The van der Waals surface area contributed by atoms with Gasteiger partial charge in [-0.05, 0) is 36.1 Å². The first-order valence-electron chi connectivity index (χ1n) is 9.48. The molecule has 1 unspecified atom stereocenters. The molecule has 2 aliphatic heterocycles. The van der Waals surface area contributed by atoms with Gasteiger partial charge in [0.15, 0.2) is 0 Å². The second-order valence-corrected chi connectivity index (χ2v) is 8.33. The van der Waals surface area contributed by atoms with Crippen molar-refractivity contribution in [2.24, 2.45) is 0 Å². The smallest absolute Gasteiger partial charge is 0.266 e. The number of rotatable bonds is 4. The number of ether oxygens (including phenoxy) is 1. The van der Waals surface area contributed by atoms with Gasteiger partial charge in [0, 0.05) is 16.0 Å². The molecule has 5 rings (SSSR count). The van der Waals surface area contributed by atoms with Crippen molar-refractivity contribution in [1.29, 1.82) is 0 Å². The van der Waals surface area contributed by atoms with Gasteiger partial charge in [-0.3, -0.25) is 29.4 Å². The first kappa shape index (κ1) is 18.5. The fraction of sp³-hybridized carbons (Fsp3) is 0.182. The Hall–Kier alpha value is -3.52. The number of nitrogens with one attached hydrogen (secondary N) is 1. The minimum absolute atomic E-state index is 0.0824. The molecule has 4 amide bonds. The van der Waals surface area contributed by atoms with E-state index < -0.39 is 29.7 Å². The van der Waals surface area contributed by atoms with Crippen LogP contribution in [0.25, 0.3) is 10.1 Å². The molecular weight excluding hydrogens is 404 g/mol. The number of carbonyl (C=O) groups excluding carboxylic acids is 4. The Morgan fingerprint density at radius 1 is 1.03 bits per heavy atom. The topological polar surface area (TPSA) is 92.8 Å². The number of amides is 4. The number of hydrogen-bond donors (Lipinski definition) is 1. The molecule has 1 fully saturated rings. The van der Waals surface area contributed by atoms with Gasteiger partial charge in [0.25, 0.3) is 11.8 Å². The van der Waals surface area contributed by atoms with Crippen molar-refractivity contribution in [2.45, 2.75) is 25.5 Å². The van der Waals surface area contributed by atoms with Gasteiger partial charge in [0.1, 0.15) is 18.4 Å². The highest BCUT2D eigenvalue weighted by Gasteiger charge is 2.45. The largest absolute Gasteiger partial charge is 0.487 e. The van der Waals surface area contributed by atoms with Crippen LogP contribution in [0.4, 0.5) is 0 Å². The van der Waals surface area contributed by atoms with Crippen molar-refractivity contribution in [1.82, 2.24) is 10.2 Å². The van der Waals surface area contributed by atoms with E-state index in [1.807, 2.05) is 30.3 Å². The summed E-state index contributed by atoms with van der Waals surface area (Å²) in [4.78, 5) is 51.5. The highest BCUT2D eigenvalue weighted by molar-refractivity contribution is 7.19. The third kappa shape index (κ3) is 2.96. The van der Waals surface area contributed by atoms with Crippen molar-refractivity contribution in [3.63, 3.8) is 0 Å². The fourth-order valence-corrected chi connectivity index (χ4v) is 4.84. The maximum atomic E-state index is 13.1. The van der Waals surface area contributed by atoms with Gasteiger partial charge in [-0.15, -0.1) is 11.3 Å². The summed E-state index contributed by atoms with van der Waals surface area (Å²) in [7, 11) is 0. The summed E-state index contributed by atoms with van der Waals surface area (Å²) in [5.74, 6) is -1.85. The van der Waals surface area contributed by atoms with Crippen LogP contribution in [0.5, 0.6) is 5.75 Å². The zero-order valence-electron chi connectivity index (χ0n) is 15.7. The summed E-state index contributed by atoms with van der Waals surface area (Å²) >= 11 is 1.60. The Morgan fingerprint density at radius 3 is 2.67 bits per heavy atom. The standard InChI is InChI=1S/C22H16N2O5S/c25-18-9-8-15(20(26)23-18)24-21(27)14-5-3-6-16(19(14)22(24)28)29-11-13-10-12-4-1-2-7-17(12)30-13/h1-7,10,15H,8-9,11H2,(H,23,25,26). The van der Waals surface area contributed by atoms with Crippen LogP contribution in [0.15, 0.2) is 48.5 Å². The van der Waals surface area contributed by atoms with E-state index in [0.29, 0.717) is 5.75 Å². The minimum atomic E-state index is -0.995. The lowest BCUT2D eigenvalue weighted by Gasteiger charge is -2.27. The number of thiophene rings is 1. The highest BCUT2D eigenvalue weighted by atomic mass is 32.1. The molecule has 8 heteroatoms. The summed E-state index contributed by atoms with van der Waals surface area (Å²) in [6.45, 7) is 0.260. The van der Waals surface area contributed by atoms with Gasteiger partial charge in [-0.2, -0.15) is 0 Å². The van der Waals surface area contributed by atoms with Crippen LogP contribution in [-0.4, -0.2) is 34.6 Å². The van der Waals surface area contributed by atoms with E-state index in [0.717, 1.165) is 19.9 Å². The van der Waals surface area contributed by atoms with E-state index in [1.165, 1.54) is 0 Å². The van der Waals surface area contributed by atoms with Crippen molar-refractivity contribution >= 4 is 45.1 Å². The van der Waals surface area contributed by atoms with E-state index in [1.54, 1.807) is 29.5 Å². The quantitative estimate of drug-likeness (QED) is 0.655. The lowest BCUT2D eigenvalue weighted by molar-refractivity contribution is -0.136. The Bertz CT molecular complexity index is 1200. The fourth-order valence-electron chi connectivity index (χ4n) is 3.86. The zero-order valence-corrected chi connectivity index (χ0v) is 16.5. The van der Waals surface area contributed by atoms with Gasteiger partial charge >= 0.3 is 0 Å². The normalized spacial score (nSPS) is 18.7. The SMILES string of the molecule is O=C1CCC(N2C(=O)c3cccc(OCc4cc5ccccc5s4)c3C2=O)C(=O)N1. The van der Waals surface area contributed by atoms with Crippen molar-refractivity contribution in [3.05, 3.63) is 64.5 Å². The molecule has 1 saturated heterocycles. The number of fused-ring (bicyclic) bond motifs is 2. The monoisotopic (exact) mass is 420 g/mol. The molecule has 1 N–H and O–H groups in total. The van der Waals surface area contributed by atoms with Gasteiger partial charge < -0.3 is 4.74 Å². The van der Waals surface area contributed by atoms with Crippen LogP contribution < -0.4 is 10.1 Å². The van der Waals surface area contributed by atoms with E-state index in [9.17, 15) is 19.2 Å². The van der Waals surface area contributed by atoms with Crippen molar-refractivity contribution in [3.8, 4) is 5.75 Å². The van der Waals surface area contributed by atoms with Gasteiger partial charge in [-0.25, -0.2) is 0 Å². The molecule has 150 valence electrons. The number of hydrogen-bond acceptors (Lipinski definition) is 6. The zero-order chi connectivity index (χ0) is 20.8. The number of piperidine rings is 1. The van der Waals surface area contributed by atoms with Crippen LogP contribution in [0.1, 0.15) is 38.4 Å². The maximum absolute atomic E-state index is 13.1. The summed E-state index contributed by atoms with van der Waals surface area (Å²) in [6.07, 6.45) is 0.202. The van der Waals surface area contributed by atoms with Crippen LogP contribution in [0, 0.1) is 0 Å². The Balaban J connectivity index is 1.41. The van der Waals surface area contributed by atoms with E-state index in [4.69, 9.17) is 4.74 Å². The summed E-state index contributed by atoms with van der Waals surface area (Å²) < 4.78 is 7.06. The first-order chi connectivity index (χ1) is 14.5. The molecule has 1 aromatic heterocycles. The van der Waals surface area contributed by atoms with Gasteiger partial charge in [-0.1, -0.05) is 24.3 Å². The Kier molecular flexibility index (Phi) is 4.36. The number of carbonyl (C=O) groups is 4. The van der Waals surface area contributed by atoms with Gasteiger partial charge in [0.2, 0.25) is 11.8 Å². The van der Waals surface area contributed by atoms with Crippen molar-refractivity contribution in [2.75, 3.05) is 0 Å². The molecule has 0 aliphatic carbocycles. The maximum Gasteiger partial charge on any atom is 0.266 e. The van der Waals surface area contributed by atoms with Crippen LogP contribution in [-0.2, 0) is 16.2 Å². The van der Waals surface area contributed by atoms with E-state index >= 15 is 0 Å². The lowest BCUT2D eigenvalue weighted by Crippen LogP contribution is -2.54. The molecule has 0 spiro atoms. The van der Waals surface area contributed by atoms with E-state index in [2.05, 4.69) is 5.32 Å².